The van der Waals surface area contributed by atoms with E-state index in [0.717, 1.165) is 6.07 Å². The van der Waals surface area contributed by atoms with E-state index >= 15 is 0 Å². The van der Waals surface area contributed by atoms with E-state index in [-0.39, 0.29) is 5.69 Å². The number of rotatable bonds is 2. The van der Waals surface area contributed by atoms with Gasteiger partial charge in [0.25, 0.3) is 6.43 Å². The highest BCUT2D eigenvalue weighted by molar-refractivity contribution is 5.34. The van der Waals surface area contributed by atoms with E-state index in [0.29, 0.717) is 0 Å². The summed E-state index contributed by atoms with van der Waals surface area (Å²) in [6.07, 6.45) is -3.15. The van der Waals surface area contributed by atoms with Gasteiger partial charge in [0.1, 0.15) is 5.69 Å². The fraction of sp³-hybridized carbons (Fsp3) is 0.286. The molecule has 0 saturated heterocycles. The predicted molar refractivity (Wildman–Crippen MR) is 43.4 cm³/mol. The Kier molecular flexibility index (Phi) is 2.59. The number of nitro groups is 1. The molecule has 1 aromatic heterocycles. The van der Waals surface area contributed by atoms with Gasteiger partial charge in [0.15, 0.2) is 11.0 Å². The summed E-state index contributed by atoms with van der Waals surface area (Å²) in [6, 6.07) is 0.897. The lowest BCUT2D eigenvalue weighted by Crippen LogP contribution is -2.14. The van der Waals surface area contributed by atoms with E-state index in [1.54, 1.807) is 0 Å². The lowest BCUT2D eigenvalue weighted by Gasteiger charge is -2.02. The minimum atomic E-state index is -3.15. The van der Waals surface area contributed by atoms with Gasteiger partial charge >= 0.3 is 5.82 Å². The van der Waals surface area contributed by atoms with E-state index in [1.165, 1.54) is 6.92 Å². The molecular formula is C7H6F2N2O3. The molecular weight excluding hydrogens is 198 g/mol. The zero-order valence-corrected chi connectivity index (χ0v) is 7.08. The average molecular weight is 204 g/mol. The zero-order valence-electron chi connectivity index (χ0n) is 7.08. The molecule has 0 amide bonds. The van der Waals surface area contributed by atoms with Gasteiger partial charge in [-0.2, -0.15) is 0 Å². The van der Waals surface area contributed by atoms with Gasteiger partial charge in [-0.1, -0.05) is 0 Å². The van der Waals surface area contributed by atoms with Crippen LogP contribution < -0.4 is 5.43 Å². The molecule has 0 unspecified atom stereocenters. The number of halogens is 2. The molecule has 0 aliphatic heterocycles. The van der Waals surface area contributed by atoms with Crippen LogP contribution in [0, 0.1) is 17.0 Å². The molecule has 0 aromatic carbocycles. The highest BCUT2D eigenvalue weighted by Crippen LogP contribution is 2.23. The Labute approximate surface area is 76.5 Å². The Morgan fingerprint density at radius 3 is 2.57 bits per heavy atom. The SMILES string of the molecule is Cc1cc(=O)c(C(F)F)c([N+](=O)[O-])[nH]1. The van der Waals surface area contributed by atoms with Crippen LogP contribution in [0.25, 0.3) is 0 Å². The third-order valence-electron chi connectivity index (χ3n) is 1.58. The number of hydrogen-bond acceptors (Lipinski definition) is 3. The van der Waals surface area contributed by atoms with Crippen LogP contribution in [0.2, 0.25) is 0 Å². The van der Waals surface area contributed by atoms with Gasteiger partial charge < -0.3 is 10.1 Å². The molecule has 0 radical (unpaired) electrons. The maximum atomic E-state index is 12.3. The van der Waals surface area contributed by atoms with Crippen LogP contribution in [0.15, 0.2) is 10.9 Å². The molecule has 5 nitrogen and oxygen atoms in total. The molecule has 0 aliphatic carbocycles. The first-order chi connectivity index (χ1) is 6.43. The Balaban J connectivity index is 3.53. The quantitative estimate of drug-likeness (QED) is 0.586. The maximum absolute atomic E-state index is 12.3. The molecule has 0 atom stereocenters. The molecule has 1 rings (SSSR count). The van der Waals surface area contributed by atoms with Crippen molar-refractivity contribution in [2.45, 2.75) is 13.3 Å². The van der Waals surface area contributed by atoms with Crippen molar-refractivity contribution < 1.29 is 13.7 Å². The third kappa shape index (κ3) is 1.76. The number of aromatic amines is 1. The minimum absolute atomic E-state index is 0.172. The van der Waals surface area contributed by atoms with Gasteiger partial charge in [-0.3, -0.25) is 4.79 Å². The zero-order chi connectivity index (χ0) is 10.9. The van der Waals surface area contributed by atoms with Crippen LogP contribution in [0.5, 0.6) is 0 Å². The maximum Gasteiger partial charge on any atom is 0.333 e. The van der Waals surface area contributed by atoms with Crippen molar-refractivity contribution in [2.24, 2.45) is 0 Å². The second-order valence-corrected chi connectivity index (χ2v) is 2.64. The highest BCUT2D eigenvalue weighted by Gasteiger charge is 2.25. The van der Waals surface area contributed by atoms with Gasteiger partial charge in [0.05, 0.1) is 0 Å². The van der Waals surface area contributed by atoms with Gasteiger partial charge in [0, 0.05) is 6.07 Å². The second-order valence-electron chi connectivity index (χ2n) is 2.64. The molecule has 0 bridgehead atoms. The fourth-order valence-electron chi connectivity index (χ4n) is 1.04. The lowest BCUT2D eigenvalue weighted by atomic mass is 10.2. The van der Waals surface area contributed by atoms with Crippen LogP contribution in [-0.2, 0) is 0 Å². The molecule has 1 N–H and O–H groups in total. The monoisotopic (exact) mass is 204 g/mol. The number of H-pyrrole nitrogens is 1. The Bertz CT molecular complexity index is 427. The highest BCUT2D eigenvalue weighted by atomic mass is 19.3. The summed E-state index contributed by atoms with van der Waals surface area (Å²) in [5, 5.41) is 10.3. The molecule has 0 aliphatic rings. The molecule has 1 aromatic rings. The number of aryl methyl sites for hydroxylation is 1. The van der Waals surface area contributed by atoms with Gasteiger partial charge in [0.2, 0.25) is 0 Å². The molecule has 0 spiro atoms. The van der Waals surface area contributed by atoms with Crippen LogP contribution in [0.3, 0.4) is 0 Å². The largest absolute Gasteiger partial charge is 0.358 e. The summed E-state index contributed by atoms with van der Waals surface area (Å²) in [5.41, 5.74) is -1.95. The van der Waals surface area contributed by atoms with Crippen molar-refractivity contribution in [2.75, 3.05) is 0 Å². The normalized spacial score (nSPS) is 10.6. The van der Waals surface area contributed by atoms with Crippen molar-refractivity contribution in [1.29, 1.82) is 0 Å². The van der Waals surface area contributed by atoms with E-state index in [2.05, 4.69) is 4.98 Å². The van der Waals surface area contributed by atoms with E-state index < -0.39 is 28.2 Å². The van der Waals surface area contributed by atoms with Crippen LogP contribution >= 0.6 is 0 Å². The number of nitrogens with one attached hydrogen (secondary N) is 1. The average Bonchev–Trinajstić information content (AvgIpc) is 2.01. The summed E-state index contributed by atoms with van der Waals surface area (Å²) < 4.78 is 24.5. The summed E-state index contributed by atoms with van der Waals surface area (Å²) in [7, 11) is 0. The van der Waals surface area contributed by atoms with Crippen molar-refractivity contribution in [1.82, 2.24) is 4.98 Å². The van der Waals surface area contributed by atoms with Crippen LogP contribution in [0.4, 0.5) is 14.6 Å². The molecule has 7 heteroatoms. The summed E-state index contributed by atoms with van der Waals surface area (Å²) in [5.74, 6) is -0.940. The van der Waals surface area contributed by atoms with Crippen molar-refractivity contribution in [3.63, 3.8) is 0 Å². The smallest absolute Gasteiger partial charge is 0.333 e. The van der Waals surface area contributed by atoms with Gasteiger partial charge in [-0.25, -0.2) is 13.8 Å². The van der Waals surface area contributed by atoms with Gasteiger partial charge in [-0.15, -0.1) is 0 Å². The van der Waals surface area contributed by atoms with E-state index in [1.807, 2.05) is 0 Å². The number of pyridine rings is 1. The van der Waals surface area contributed by atoms with Crippen LogP contribution in [-0.4, -0.2) is 9.91 Å². The molecule has 1 heterocycles. The van der Waals surface area contributed by atoms with E-state index in [4.69, 9.17) is 0 Å². The topological polar surface area (TPSA) is 76.0 Å². The molecule has 76 valence electrons. The Morgan fingerprint density at radius 2 is 2.14 bits per heavy atom. The van der Waals surface area contributed by atoms with Crippen molar-refractivity contribution >= 4 is 5.82 Å². The minimum Gasteiger partial charge on any atom is -0.358 e. The molecule has 0 saturated carbocycles. The first kappa shape index (κ1) is 10.3. The Hall–Kier alpha value is -1.79. The lowest BCUT2D eigenvalue weighted by molar-refractivity contribution is -0.391. The first-order valence-corrected chi connectivity index (χ1v) is 3.60. The summed E-state index contributed by atoms with van der Waals surface area (Å²) in [4.78, 5) is 22.4. The predicted octanol–water partition coefficient (Wildman–Crippen LogP) is 1.53. The fourth-order valence-corrected chi connectivity index (χ4v) is 1.04. The molecule has 0 fully saturated rings. The first-order valence-electron chi connectivity index (χ1n) is 3.60. The Morgan fingerprint density at radius 1 is 1.57 bits per heavy atom. The summed E-state index contributed by atoms with van der Waals surface area (Å²) in [6.45, 7) is 1.38. The number of alkyl halides is 2. The number of hydrogen-bond donors (Lipinski definition) is 1. The number of nitrogens with zero attached hydrogens (tertiary/aromatic N) is 1. The van der Waals surface area contributed by atoms with E-state index in [9.17, 15) is 23.7 Å². The number of aromatic nitrogens is 1. The second kappa shape index (κ2) is 3.52. The third-order valence-corrected chi connectivity index (χ3v) is 1.58. The standard InChI is InChI=1S/C7H6F2N2O3/c1-3-2-4(12)5(6(8)9)7(10-3)11(13)14/h2,6H,1H3,(H,10,12). The van der Waals surface area contributed by atoms with Crippen molar-refractivity contribution in [3.05, 3.63) is 37.7 Å². The summed E-state index contributed by atoms with van der Waals surface area (Å²) >= 11 is 0. The van der Waals surface area contributed by atoms with Crippen molar-refractivity contribution in [3.8, 4) is 0 Å². The van der Waals surface area contributed by atoms with Gasteiger partial charge in [-0.05, 0) is 11.8 Å². The van der Waals surface area contributed by atoms with Crippen LogP contribution in [0.1, 0.15) is 17.7 Å². The molecule has 14 heavy (non-hydrogen) atoms.